The first-order valence-corrected chi connectivity index (χ1v) is 10.2. The molecule has 0 fully saturated rings. The molecule has 0 amide bonds. The van der Waals surface area contributed by atoms with E-state index in [0.717, 1.165) is 16.9 Å². The van der Waals surface area contributed by atoms with Crippen molar-refractivity contribution in [3.63, 3.8) is 0 Å². The van der Waals surface area contributed by atoms with E-state index in [1.165, 1.54) is 11.1 Å². The summed E-state index contributed by atoms with van der Waals surface area (Å²) in [5, 5.41) is 0. The quantitative estimate of drug-likeness (QED) is 0.457. The maximum Gasteiger partial charge on any atom is 0.338 e. The fourth-order valence-corrected chi connectivity index (χ4v) is 2.89. The molecule has 0 N–H and O–H groups in total. The molecule has 3 aromatic carbocycles. The lowest BCUT2D eigenvalue weighted by Crippen LogP contribution is -2.07. The normalized spacial score (nSPS) is 10.4. The molecule has 0 saturated carbocycles. The minimum Gasteiger partial charge on any atom is -0.489 e. The smallest absolute Gasteiger partial charge is 0.338 e. The number of carbonyl (C=O) groups excluding carboxylic acids is 2. The van der Waals surface area contributed by atoms with Gasteiger partial charge in [0.05, 0.1) is 17.7 Å². The van der Waals surface area contributed by atoms with Crippen molar-refractivity contribution in [1.29, 1.82) is 0 Å². The zero-order valence-corrected chi connectivity index (χ0v) is 18.0. The first-order chi connectivity index (χ1) is 15.0. The maximum absolute atomic E-state index is 12.3. The molecule has 0 heterocycles. The maximum atomic E-state index is 12.3. The van der Waals surface area contributed by atoms with Gasteiger partial charge in [0.25, 0.3) is 0 Å². The molecule has 0 unspecified atom stereocenters. The van der Waals surface area contributed by atoms with Crippen LogP contribution in [0.15, 0.2) is 66.7 Å². The second kappa shape index (κ2) is 10.4. The second-order valence-electron chi connectivity index (χ2n) is 7.23. The van der Waals surface area contributed by atoms with E-state index >= 15 is 0 Å². The molecule has 0 aromatic heterocycles. The molecule has 5 nitrogen and oxygen atoms in total. The van der Waals surface area contributed by atoms with Crippen LogP contribution in [-0.4, -0.2) is 18.5 Å². The predicted molar refractivity (Wildman–Crippen MR) is 118 cm³/mol. The minimum absolute atomic E-state index is 0.125. The molecule has 0 spiro atoms. The van der Waals surface area contributed by atoms with E-state index in [4.69, 9.17) is 14.2 Å². The molecule has 0 bridgehead atoms. The molecule has 3 aromatic rings. The molecule has 160 valence electrons. The van der Waals surface area contributed by atoms with E-state index < -0.39 is 5.97 Å². The molecule has 5 heteroatoms. The molecule has 3 rings (SSSR count). The zero-order valence-electron chi connectivity index (χ0n) is 18.0. The second-order valence-corrected chi connectivity index (χ2v) is 7.23. The number of esters is 2. The van der Waals surface area contributed by atoms with Crippen LogP contribution in [0.25, 0.3) is 0 Å². The van der Waals surface area contributed by atoms with Gasteiger partial charge in [-0.3, -0.25) is 0 Å². The SMILES string of the molecule is CCOC(=O)c1ccc(COC(=O)c2ccc(COc3ccc(C)c(C)c3)cc2)cc1. The number of hydrogen-bond acceptors (Lipinski definition) is 5. The fourth-order valence-electron chi connectivity index (χ4n) is 2.89. The summed E-state index contributed by atoms with van der Waals surface area (Å²) in [5.74, 6) is 0.0456. The van der Waals surface area contributed by atoms with Crippen LogP contribution < -0.4 is 4.74 Å². The zero-order chi connectivity index (χ0) is 22.2. The lowest BCUT2D eigenvalue weighted by atomic mass is 10.1. The Balaban J connectivity index is 1.50. The van der Waals surface area contributed by atoms with Crippen molar-refractivity contribution in [2.24, 2.45) is 0 Å². The monoisotopic (exact) mass is 418 g/mol. The molecule has 0 saturated heterocycles. The van der Waals surface area contributed by atoms with Crippen molar-refractivity contribution in [2.45, 2.75) is 34.0 Å². The van der Waals surface area contributed by atoms with Crippen LogP contribution in [0.5, 0.6) is 5.75 Å². The van der Waals surface area contributed by atoms with Crippen LogP contribution in [0, 0.1) is 13.8 Å². The molecular weight excluding hydrogens is 392 g/mol. The van der Waals surface area contributed by atoms with E-state index in [0.29, 0.717) is 24.3 Å². The van der Waals surface area contributed by atoms with Crippen LogP contribution in [0.2, 0.25) is 0 Å². The average molecular weight is 418 g/mol. The van der Waals surface area contributed by atoms with Gasteiger partial charge >= 0.3 is 11.9 Å². The van der Waals surface area contributed by atoms with E-state index in [1.54, 1.807) is 43.3 Å². The van der Waals surface area contributed by atoms with Crippen molar-refractivity contribution in [3.8, 4) is 5.75 Å². The van der Waals surface area contributed by atoms with Crippen molar-refractivity contribution in [3.05, 3.63) is 100 Å². The third kappa shape index (κ3) is 6.19. The number of aryl methyl sites for hydroxylation is 2. The first-order valence-electron chi connectivity index (χ1n) is 10.2. The highest BCUT2D eigenvalue weighted by Crippen LogP contribution is 2.18. The predicted octanol–water partition coefficient (Wildman–Crippen LogP) is 5.42. The van der Waals surface area contributed by atoms with E-state index in [2.05, 4.69) is 13.8 Å². The summed E-state index contributed by atoms with van der Waals surface area (Å²) in [7, 11) is 0. The van der Waals surface area contributed by atoms with E-state index in [9.17, 15) is 9.59 Å². The summed E-state index contributed by atoms with van der Waals surface area (Å²) < 4.78 is 16.1. The highest BCUT2D eigenvalue weighted by molar-refractivity contribution is 5.90. The molecule has 0 atom stereocenters. The van der Waals surface area contributed by atoms with E-state index in [-0.39, 0.29) is 12.6 Å². The van der Waals surface area contributed by atoms with Gasteiger partial charge in [0.2, 0.25) is 0 Å². The summed E-state index contributed by atoms with van der Waals surface area (Å²) in [6.45, 7) is 6.75. The third-order valence-electron chi connectivity index (χ3n) is 4.91. The lowest BCUT2D eigenvalue weighted by Gasteiger charge is -2.09. The molecule has 0 aliphatic rings. The van der Waals surface area contributed by atoms with Gasteiger partial charge in [-0.1, -0.05) is 30.3 Å². The van der Waals surface area contributed by atoms with Gasteiger partial charge in [0.1, 0.15) is 19.0 Å². The number of carbonyl (C=O) groups is 2. The molecule has 0 aliphatic carbocycles. The lowest BCUT2D eigenvalue weighted by molar-refractivity contribution is 0.0469. The van der Waals surface area contributed by atoms with Crippen molar-refractivity contribution >= 4 is 11.9 Å². The van der Waals surface area contributed by atoms with Gasteiger partial charge < -0.3 is 14.2 Å². The van der Waals surface area contributed by atoms with Crippen LogP contribution in [0.3, 0.4) is 0 Å². The minimum atomic E-state index is -0.406. The summed E-state index contributed by atoms with van der Waals surface area (Å²) in [5.41, 5.74) is 5.11. The van der Waals surface area contributed by atoms with Gasteiger partial charge in [-0.05, 0) is 79.4 Å². The highest BCUT2D eigenvalue weighted by atomic mass is 16.5. The van der Waals surface area contributed by atoms with Crippen LogP contribution in [-0.2, 0) is 22.7 Å². The number of benzene rings is 3. The van der Waals surface area contributed by atoms with Gasteiger partial charge in [-0.25, -0.2) is 9.59 Å². The standard InChI is InChI=1S/C26H26O5/c1-4-29-25(27)22-10-8-21(9-11-22)17-31-26(28)23-12-6-20(7-13-23)16-30-24-14-5-18(2)19(3)15-24/h5-15H,4,16-17H2,1-3H3. The third-order valence-corrected chi connectivity index (χ3v) is 4.91. The van der Waals surface area contributed by atoms with Crippen molar-refractivity contribution in [2.75, 3.05) is 6.61 Å². The van der Waals surface area contributed by atoms with Gasteiger partial charge in [0.15, 0.2) is 0 Å². The summed E-state index contributed by atoms with van der Waals surface area (Å²) >= 11 is 0. The number of hydrogen-bond donors (Lipinski definition) is 0. The van der Waals surface area contributed by atoms with Crippen LogP contribution in [0.4, 0.5) is 0 Å². The largest absolute Gasteiger partial charge is 0.489 e. The molecule has 0 radical (unpaired) electrons. The Morgan fingerprint density at radius 1 is 0.677 bits per heavy atom. The van der Waals surface area contributed by atoms with Crippen molar-refractivity contribution < 1.29 is 23.8 Å². The average Bonchev–Trinajstić information content (AvgIpc) is 2.79. The Bertz CT molecular complexity index is 1040. The Morgan fingerprint density at radius 3 is 1.77 bits per heavy atom. The number of ether oxygens (including phenoxy) is 3. The van der Waals surface area contributed by atoms with Gasteiger partial charge in [-0.15, -0.1) is 0 Å². The Morgan fingerprint density at radius 2 is 1.23 bits per heavy atom. The van der Waals surface area contributed by atoms with Gasteiger partial charge in [-0.2, -0.15) is 0 Å². The summed E-state index contributed by atoms with van der Waals surface area (Å²) in [6, 6.07) is 20.0. The Hall–Kier alpha value is -3.60. The molecular formula is C26H26O5. The number of rotatable bonds is 8. The topological polar surface area (TPSA) is 61.8 Å². The van der Waals surface area contributed by atoms with E-state index in [1.807, 2.05) is 30.3 Å². The Labute approximate surface area is 182 Å². The first kappa shape index (κ1) is 22.1. The summed E-state index contributed by atoms with van der Waals surface area (Å²) in [6.07, 6.45) is 0. The fraction of sp³-hybridized carbons (Fsp3) is 0.231. The molecule has 31 heavy (non-hydrogen) atoms. The van der Waals surface area contributed by atoms with Crippen molar-refractivity contribution in [1.82, 2.24) is 0 Å². The Kier molecular flexibility index (Phi) is 7.44. The van der Waals surface area contributed by atoms with Gasteiger partial charge in [0, 0.05) is 0 Å². The molecule has 0 aliphatic heterocycles. The van der Waals surface area contributed by atoms with Crippen LogP contribution in [0.1, 0.15) is 49.9 Å². The highest BCUT2D eigenvalue weighted by Gasteiger charge is 2.09. The van der Waals surface area contributed by atoms with Crippen LogP contribution >= 0.6 is 0 Å². The summed E-state index contributed by atoms with van der Waals surface area (Å²) in [4.78, 5) is 24.0.